The van der Waals surface area contributed by atoms with Crippen LogP contribution >= 0.6 is 15.9 Å². The fraction of sp³-hybridized carbons (Fsp3) is 0.278. The van der Waals surface area contributed by atoms with Crippen molar-refractivity contribution in [2.45, 2.75) is 13.0 Å². The summed E-state index contributed by atoms with van der Waals surface area (Å²) in [6.07, 6.45) is 0.835. The van der Waals surface area contributed by atoms with E-state index in [2.05, 4.69) is 15.9 Å². The molecule has 126 valence electrons. The van der Waals surface area contributed by atoms with Crippen LogP contribution in [-0.4, -0.2) is 31.6 Å². The number of ether oxygens (including phenoxy) is 1. The number of hydrogen-bond donors (Lipinski definition) is 0. The molecule has 0 unspecified atom stereocenters. The second-order valence-electron chi connectivity index (χ2n) is 5.81. The Bertz CT molecular complexity index is 782. The Morgan fingerprint density at radius 2 is 2.12 bits per heavy atom. The zero-order valence-electron chi connectivity index (χ0n) is 13.6. The summed E-state index contributed by atoms with van der Waals surface area (Å²) in [6.45, 7) is 0.969. The number of carbonyl (C=O) groups is 1. The van der Waals surface area contributed by atoms with Crippen LogP contribution in [0, 0.1) is 5.82 Å². The van der Waals surface area contributed by atoms with Gasteiger partial charge in [-0.2, -0.15) is 0 Å². The molecular weight excluding hydrogens is 375 g/mol. The number of amides is 2. The maximum Gasteiger partial charge on any atom is 0.324 e. The third-order valence-electron chi connectivity index (χ3n) is 4.08. The van der Waals surface area contributed by atoms with Crippen molar-refractivity contribution in [1.82, 2.24) is 4.90 Å². The van der Waals surface area contributed by atoms with Crippen molar-refractivity contribution in [3.63, 3.8) is 0 Å². The quantitative estimate of drug-likeness (QED) is 0.783. The largest absolute Gasteiger partial charge is 0.497 e. The first-order valence-corrected chi connectivity index (χ1v) is 8.42. The molecule has 0 saturated carbocycles. The van der Waals surface area contributed by atoms with Gasteiger partial charge >= 0.3 is 6.03 Å². The van der Waals surface area contributed by atoms with Gasteiger partial charge in [-0.1, -0.05) is 15.9 Å². The Labute approximate surface area is 149 Å². The lowest BCUT2D eigenvalue weighted by Crippen LogP contribution is -2.39. The summed E-state index contributed by atoms with van der Waals surface area (Å²) < 4.78 is 19.7. The molecule has 24 heavy (non-hydrogen) atoms. The van der Waals surface area contributed by atoms with E-state index in [4.69, 9.17) is 4.74 Å². The van der Waals surface area contributed by atoms with Crippen LogP contribution in [0.2, 0.25) is 0 Å². The van der Waals surface area contributed by atoms with Gasteiger partial charge in [0.25, 0.3) is 0 Å². The van der Waals surface area contributed by atoms with E-state index >= 15 is 0 Å². The zero-order chi connectivity index (χ0) is 17.3. The average molecular weight is 393 g/mol. The third kappa shape index (κ3) is 3.38. The maximum atomic E-state index is 13.6. The highest BCUT2D eigenvalue weighted by molar-refractivity contribution is 9.10. The lowest BCUT2D eigenvalue weighted by Gasteiger charge is -2.25. The molecule has 1 aliphatic rings. The number of nitrogens with zero attached hydrogens (tertiary/aromatic N) is 2. The Kier molecular flexibility index (Phi) is 4.76. The molecule has 0 aliphatic carbocycles. The van der Waals surface area contributed by atoms with Crippen molar-refractivity contribution in [3.05, 3.63) is 57.8 Å². The Morgan fingerprint density at radius 3 is 2.88 bits per heavy atom. The molecule has 2 amide bonds. The van der Waals surface area contributed by atoms with E-state index in [0.717, 1.165) is 22.1 Å². The van der Waals surface area contributed by atoms with Gasteiger partial charge < -0.3 is 9.64 Å². The summed E-state index contributed by atoms with van der Waals surface area (Å²) in [5.41, 5.74) is 2.78. The summed E-state index contributed by atoms with van der Waals surface area (Å²) in [6, 6.07) is 10.3. The minimum Gasteiger partial charge on any atom is -0.497 e. The van der Waals surface area contributed by atoms with Gasteiger partial charge in [0.1, 0.15) is 11.6 Å². The van der Waals surface area contributed by atoms with Crippen molar-refractivity contribution >= 4 is 27.6 Å². The van der Waals surface area contributed by atoms with Gasteiger partial charge in [0.2, 0.25) is 0 Å². The van der Waals surface area contributed by atoms with E-state index < -0.39 is 0 Å². The normalized spacial score (nSPS) is 12.9. The van der Waals surface area contributed by atoms with Crippen molar-refractivity contribution in [1.29, 1.82) is 0 Å². The summed E-state index contributed by atoms with van der Waals surface area (Å²) in [4.78, 5) is 16.1. The molecule has 0 fully saturated rings. The van der Waals surface area contributed by atoms with Gasteiger partial charge in [0, 0.05) is 36.4 Å². The molecule has 3 rings (SSSR count). The number of urea groups is 1. The van der Waals surface area contributed by atoms with Crippen LogP contribution in [-0.2, 0) is 13.0 Å². The monoisotopic (exact) mass is 392 g/mol. The van der Waals surface area contributed by atoms with E-state index in [1.54, 1.807) is 22.9 Å². The molecule has 1 aliphatic heterocycles. The molecule has 0 bridgehead atoms. The smallest absolute Gasteiger partial charge is 0.324 e. The minimum atomic E-state index is -0.374. The van der Waals surface area contributed by atoms with Crippen molar-refractivity contribution in [2.75, 3.05) is 25.6 Å². The SMILES string of the molecule is COc1cc(F)cc(CN(C)C(=O)N2CCc3cc(Br)ccc32)c1. The van der Waals surface area contributed by atoms with Gasteiger partial charge in [-0.3, -0.25) is 4.90 Å². The second-order valence-corrected chi connectivity index (χ2v) is 6.73. The third-order valence-corrected chi connectivity index (χ3v) is 4.57. The fourth-order valence-electron chi connectivity index (χ4n) is 2.95. The van der Waals surface area contributed by atoms with Crippen LogP contribution in [0.15, 0.2) is 40.9 Å². The van der Waals surface area contributed by atoms with Crippen molar-refractivity contribution < 1.29 is 13.9 Å². The predicted octanol–water partition coefficient (Wildman–Crippen LogP) is 4.21. The number of rotatable bonds is 3. The Hall–Kier alpha value is -2.08. The highest BCUT2D eigenvalue weighted by Gasteiger charge is 2.27. The van der Waals surface area contributed by atoms with Gasteiger partial charge in [-0.15, -0.1) is 0 Å². The van der Waals surface area contributed by atoms with Crippen molar-refractivity contribution in [3.8, 4) is 5.75 Å². The van der Waals surface area contributed by atoms with Crippen LogP contribution in [0.1, 0.15) is 11.1 Å². The maximum absolute atomic E-state index is 13.6. The van der Waals surface area contributed by atoms with Crippen molar-refractivity contribution in [2.24, 2.45) is 0 Å². The van der Waals surface area contributed by atoms with Crippen LogP contribution in [0.4, 0.5) is 14.9 Å². The molecule has 6 heteroatoms. The number of hydrogen-bond acceptors (Lipinski definition) is 2. The topological polar surface area (TPSA) is 32.8 Å². The molecular formula is C18H18BrFN2O2. The molecule has 4 nitrogen and oxygen atoms in total. The first-order chi connectivity index (χ1) is 11.5. The first kappa shape index (κ1) is 16.8. The van der Waals surface area contributed by atoms with E-state index in [-0.39, 0.29) is 11.8 Å². The summed E-state index contributed by atoms with van der Waals surface area (Å²) in [7, 11) is 3.21. The molecule has 2 aromatic rings. The molecule has 1 heterocycles. The minimum absolute atomic E-state index is 0.0979. The van der Waals surface area contributed by atoms with E-state index in [9.17, 15) is 9.18 Å². The zero-order valence-corrected chi connectivity index (χ0v) is 15.1. The number of methoxy groups -OCH3 is 1. The molecule has 0 aromatic heterocycles. The lowest BCUT2D eigenvalue weighted by molar-refractivity contribution is 0.214. The number of anilines is 1. The molecule has 0 atom stereocenters. The molecule has 0 radical (unpaired) electrons. The van der Waals surface area contributed by atoms with Crippen LogP contribution < -0.4 is 9.64 Å². The van der Waals surface area contributed by atoms with Crippen LogP contribution in [0.5, 0.6) is 5.75 Å². The van der Waals surface area contributed by atoms with E-state index in [0.29, 0.717) is 24.4 Å². The number of carbonyl (C=O) groups excluding carboxylic acids is 1. The highest BCUT2D eigenvalue weighted by Crippen LogP contribution is 2.31. The van der Waals surface area contributed by atoms with Crippen LogP contribution in [0.25, 0.3) is 0 Å². The van der Waals surface area contributed by atoms with E-state index in [1.807, 2.05) is 18.2 Å². The number of fused-ring (bicyclic) bond motifs is 1. The molecule has 0 saturated heterocycles. The average Bonchev–Trinajstić information content (AvgIpc) is 2.96. The molecule has 2 aromatic carbocycles. The Balaban J connectivity index is 1.76. The highest BCUT2D eigenvalue weighted by atomic mass is 79.9. The molecule has 0 N–H and O–H groups in total. The van der Waals surface area contributed by atoms with Gasteiger partial charge in [0.05, 0.1) is 7.11 Å². The number of benzene rings is 2. The first-order valence-electron chi connectivity index (χ1n) is 7.62. The summed E-state index contributed by atoms with van der Waals surface area (Å²) >= 11 is 3.45. The standard InChI is InChI=1S/C18H18BrFN2O2/c1-21(11-12-7-15(20)10-16(8-12)24-2)18(23)22-6-5-13-9-14(19)3-4-17(13)22/h3-4,7-10H,5-6,11H2,1-2H3. The molecule has 0 spiro atoms. The number of halogens is 2. The van der Waals surface area contributed by atoms with Gasteiger partial charge in [-0.05, 0) is 47.9 Å². The van der Waals surface area contributed by atoms with Gasteiger partial charge in [0.15, 0.2) is 0 Å². The van der Waals surface area contributed by atoms with E-state index in [1.165, 1.54) is 19.2 Å². The van der Waals surface area contributed by atoms with Gasteiger partial charge in [-0.25, -0.2) is 9.18 Å². The predicted molar refractivity (Wildman–Crippen MR) is 95.0 cm³/mol. The Morgan fingerprint density at radius 1 is 1.33 bits per heavy atom. The van der Waals surface area contributed by atoms with Crippen LogP contribution in [0.3, 0.4) is 0 Å². The second kappa shape index (κ2) is 6.81. The lowest BCUT2D eigenvalue weighted by atomic mass is 10.2. The summed E-state index contributed by atoms with van der Waals surface area (Å²) in [5, 5.41) is 0. The fourth-order valence-corrected chi connectivity index (χ4v) is 3.35. The summed E-state index contributed by atoms with van der Waals surface area (Å²) in [5.74, 6) is 0.0729.